The summed E-state index contributed by atoms with van der Waals surface area (Å²) in [6, 6.07) is 1.62. The van der Waals surface area contributed by atoms with Crippen molar-refractivity contribution >= 4 is 16.7 Å². The Morgan fingerprint density at radius 1 is 1.19 bits per heavy atom. The maximum atomic E-state index is 13.8. The molecule has 0 aliphatic heterocycles. The molecule has 12 heteroatoms. The third-order valence-electron chi connectivity index (χ3n) is 3.67. The summed E-state index contributed by atoms with van der Waals surface area (Å²) in [6.07, 6.45) is -4.11. The highest BCUT2D eigenvalue weighted by atomic mass is 19.4. The van der Waals surface area contributed by atoms with Gasteiger partial charge in [-0.2, -0.15) is 17.6 Å². The van der Waals surface area contributed by atoms with Gasteiger partial charge in [-0.25, -0.2) is 9.36 Å². The van der Waals surface area contributed by atoms with Crippen molar-refractivity contribution in [2.45, 2.75) is 6.18 Å². The molecule has 0 bridgehead atoms. The molecule has 1 aromatic carbocycles. The van der Waals surface area contributed by atoms with Gasteiger partial charge in [-0.15, -0.1) is 0 Å². The lowest BCUT2D eigenvalue weighted by atomic mass is 10.2. The van der Waals surface area contributed by atoms with Crippen molar-refractivity contribution in [1.82, 2.24) is 9.13 Å². The zero-order valence-electron chi connectivity index (χ0n) is 12.7. The van der Waals surface area contributed by atoms with Crippen molar-refractivity contribution in [2.24, 2.45) is 7.05 Å². The second-order valence-electron chi connectivity index (χ2n) is 5.22. The van der Waals surface area contributed by atoms with Gasteiger partial charge in [-0.1, -0.05) is 0 Å². The van der Waals surface area contributed by atoms with E-state index in [0.717, 1.165) is 19.4 Å². The van der Waals surface area contributed by atoms with Crippen LogP contribution in [-0.2, 0) is 13.2 Å². The topological polar surface area (TPSA) is 100 Å². The summed E-state index contributed by atoms with van der Waals surface area (Å²) in [5, 5.41) is 10.5. The van der Waals surface area contributed by atoms with Crippen LogP contribution in [0.1, 0.15) is 5.69 Å². The number of nitro benzene ring substituents is 1. The summed E-state index contributed by atoms with van der Waals surface area (Å²) in [5.74, 6) is -1.26. The van der Waals surface area contributed by atoms with Gasteiger partial charge in [0.2, 0.25) is 5.82 Å². The number of hydrogen-bond donors (Lipinski definition) is 0. The number of nitro groups is 1. The first-order chi connectivity index (χ1) is 12.0. The highest BCUT2D eigenvalue weighted by Crippen LogP contribution is 2.30. The molecule has 2 heterocycles. The molecule has 136 valence electrons. The van der Waals surface area contributed by atoms with Crippen LogP contribution < -0.4 is 11.2 Å². The molecule has 3 aromatic rings. The van der Waals surface area contributed by atoms with E-state index in [4.69, 9.17) is 4.42 Å². The third-order valence-corrected chi connectivity index (χ3v) is 3.67. The Balaban J connectivity index is 2.34. The largest absolute Gasteiger partial charge is 0.462 e. The molecule has 0 radical (unpaired) electrons. The van der Waals surface area contributed by atoms with Crippen LogP contribution in [0, 0.1) is 15.9 Å². The van der Waals surface area contributed by atoms with Crippen LogP contribution in [0.4, 0.5) is 23.2 Å². The second-order valence-corrected chi connectivity index (χ2v) is 5.22. The maximum absolute atomic E-state index is 13.8. The molecule has 0 unspecified atom stereocenters. The molecule has 0 aliphatic carbocycles. The van der Waals surface area contributed by atoms with Crippen LogP contribution in [-0.4, -0.2) is 14.1 Å². The van der Waals surface area contributed by atoms with Gasteiger partial charge in [0, 0.05) is 18.5 Å². The Morgan fingerprint density at radius 2 is 1.85 bits per heavy atom. The lowest BCUT2D eigenvalue weighted by Gasteiger charge is -2.13. The van der Waals surface area contributed by atoms with E-state index in [9.17, 15) is 37.3 Å². The monoisotopic (exact) mass is 373 g/mol. The van der Waals surface area contributed by atoms with E-state index in [1.807, 2.05) is 0 Å². The second kappa shape index (κ2) is 5.54. The molecular weight excluding hydrogens is 366 g/mol. The van der Waals surface area contributed by atoms with Crippen molar-refractivity contribution in [3.63, 3.8) is 0 Å². The average molecular weight is 373 g/mol. The molecule has 0 aliphatic rings. The predicted octanol–water partition coefficient (Wildman–Crippen LogP) is 2.35. The Morgan fingerprint density at radius 3 is 2.42 bits per heavy atom. The van der Waals surface area contributed by atoms with Crippen molar-refractivity contribution in [3.8, 4) is 5.69 Å². The minimum atomic E-state index is -4.93. The maximum Gasteiger partial charge on any atom is 0.431 e. The smallest absolute Gasteiger partial charge is 0.431 e. The zero-order chi connectivity index (χ0) is 19.4. The third kappa shape index (κ3) is 2.55. The van der Waals surface area contributed by atoms with E-state index in [2.05, 4.69) is 0 Å². The number of nitrogens with zero attached hydrogens (tertiary/aromatic N) is 3. The molecule has 0 amide bonds. The lowest BCUT2D eigenvalue weighted by Crippen LogP contribution is -2.40. The normalized spacial score (nSPS) is 11.9. The molecule has 2 aromatic heterocycles. The first-order valence-electron chi connectivity index (χ1n) is 6.78. The first-order valence-corrected chi connectivity index (χ1v) is 6.78. The molecule has 8 nitrogen and oxygen atoms in total. The molecule has 26 heavy (non-hydrogen) atoms. The Hall–Kier alpha value is -3.44. The van der Waals surface area contributed by atoms with Crippen LogP contribution in [0.2, 0.25) is 0 Å². The first kappa shape index (κ1) is 17.4. The van der Waals surface area contributed by atoms with Crippen LogP contribution in [0.15, 0.2) is 38.5 Å². The Bertz CT molecular complexity index is 1170. The average Bonchev–Trinajstić information content (AvgIpc) is 2.91. The number of halogens is 4. The quantitative estimate of drug-likeness (QED) is 0.390. The molecule has 3 rings (SSSR count). The molecule has 0 atom stereocenters. The van der Waals surface area contributed by atoms with Gasteiger partial charge in [0.25, 0.3) is 5.56 Å². The fourth-order valence-electron chi connectivity index (χ4n) is 2.46. The molecular formula is C14H7F4N3O5. The zero-order valence-corrected chi connectivity index (χ0v) is 12.7. The number of furan rings is 1. The van der Waals surface area contributed by atoms with Gasteiger partial charge >= 0.3 is 17.6 Å². The summed E-state index contributed by atoms with van der Waals surface area (Å²) in [6.45, 7) is 0. The number of rotatable bonds is 2. The molecule has 0 spiro atoms. The highest BCUT2D eigenvalue weighted by Gasteiger charge is 2.35. The summed E-state index contributed by atoms with van der Waals surface area (Å²) in [7, 11) is 0.814. The minimum Gasteiger partial charge on any atom is -0.462 e. The van der Waals surface area contributed by atoms with Gasteiger partial charge in [0.05, 0.1) is 11.0 Å². The van der Waals surface area contributed by atoms with Crippen LogP contribution >= 0.6 is 0 Å². The van der Waals surface area contributed by atoms with Crippen molar-refractivity contribution < 1.29 is 26.9 Å². The van der Waals surface area contributed by atoms with Crippen LogP contribution in [0.5, 0.6) is 0 Å². The lowest BCUT2D eigenvalue weighted by molar-refractivity contribution is -0.387. The van der Waals surface area contributed by atoms with Crippen LogP contribution in [0.3, 0.4) is 0 Å². The number of hydrogen-bond acceptors (Lipinski definition) is 5. The van der Waals surface area contributed by atoms with Crippen LogP contribution in [0.25, 0.3) is 16.7 Å². The summed E-state index contributed by atoms with van der Waals surface area (Å²) < 4.78 is 58.0. The van der Waals surface area contributed by atoms with E-state index in [1.54, 1.807) is 0 Å². The van der Waals surface area contributed by atoms with E-state index in [1.165, 1.54) is 0 Å². The molecule has 0 saturated carbocycles. The van der Waals surface area contributed by atoms with E-state index in [0.29, 0.717) is 10.6 Å². The minimum absolute atomic E-state index is 0.188. The van der Waals surface area contributed by atoms with Gasteiger partial charge in [-0.3, -0.25) is 19.5 Å². The molecule has 0 saturated heterocycles. The van der Waals surface area contributed by atoms with Gasteiger partial charge < -0.3 is 4.42 Å². The fourth-order valence-corrected chi connectivity index (χ4v) is 2.46. The summed E-state index contributed by atoms with van der Waals surface area (Å²) >= 11 is 0. The Labute approximate surface area is 139 Å². The summed E-state index contributed by atoms with van der Waals surface area (Å²) in [5.41, 5.74) is -5.58. The number of benzene rings is 1. The predicted molar refractivity (Wildman–Crippen MR) is 78.7 cm³/mol. The SMILES string of the molecule is Cn1c(C(F)(F)F)cc(=O)n(-c2coc3cc([N+](=O)[O-])c(F)cc23)c1=O. The number of alkyl halides is 3. The standard InChI is InChI=1S/C14H7F4N3O5/c1-19-11(14(16,17)18)4-12(22)20(13(19)23)9-5-26-10-3-8(21(24)25)7(15)2-6(9)10/h2-5H,1H3. The number of aromatic nitrogens is 2. The van der Waals surface area contributed by atoms with Crippen molar-refractivity contribution in [3.05, 3.63) is 66.9 Å². The van der Waals surface area contributed by atoms with Crippen molar-refractivity contribution in [2.75, 3.05) is 0 Å². The van der Waals surface area contributed by atoms with E-state index < -0.39 is 39.5 Å². The summed E-state index contributed by atoms with van der Waals surface area (Å²) in [4.78, 5) is 34.0. The van der Waals surface area contributed by atoms with Gasteiger partial charge in [-0.05, 0) is 6.07 Å². The number of fused-ring (bicyclic) bond motifs is 1. The molecule has 0 N–H and O–H groups in total. The fraction of sp³-hybridized carbons (Fsp3) is 0.143. The van der Waals surface area contributed by atoms with Crippen molar-refractivity contribution in [1.29, 1.82) is 0 Å². The Kier molecular flexibility index (Phi) is 3.70. The van der Waals surface area contributed by atoms with E-state index >= 15 is 0 Å². The van der Waals surface area contributed by atoms with Gasteiger partial charge in [0.15, 0.2) is 0 Å². The van der Waals surface area contributed by atoms with Gasteiger partial charge in [0.1, 0.15) is 23.2 Å². The van der Waals surface area contributed by atoms with E-state index in [-0.39, 0.29) is 27.3 Å². The highest BCUT2D eigenvalue weighted by molar-refractivity contribution is 5.88. The molecule has 0 fully saturated rings.